The second-order valence-electron chi connectivity index (χ2n) is 5.75. The molecule has 24 heavy (non-hydrogen) atoms. The highest BCUT2D eigenvalue weighted by Crippen LogP contribution is 2.29. The summed E-state index contributed by atoms with van der Waals surface area (Å²) in [5.41, 5.74) is 2.87. The van der Waals surface area contributed by atoms with Crippen LogP contribution in [-0.2, 0) is 11.3 Å². The van der Waals surface area contributed by atoms with E-state index < -0.39 is 5.97 Å². The number of hydrogen-bond acceptors (Lipinski definition) is 2. The number of para-hydroxylation sites is 1. The monoisotopic (exact) mass is 324 g/mol. The molecule has 1 aromatic heterocycles. The van der Waals surface area contributed by atoms with E-state index in [1.54, 1.807) is 0 Å². The topological polar surface area (TPSA) is 71.3 Å². The average Bonchev–Trinajstić information content (AvgIpc) is 2.91. The first-order valence-electron chi connectivity index (χ1n) is 8.12. The number of carboxylic acids is 1. The molecule has 0 radical (unpaired) electrons. The SMILES string of the molecule is CCn1c2ccccc2c2cc(C(=O)NCCCC(=O)O)ccc21. The number of rotatable bonds is 6. The van der Waals surface area contributed by atoms with Gasteiger partial charge in [-0.3, -0.25) is 9.59 Å². The average molecular weight is 324 g/mol. The molecular formula is C19H20N2O3. The lowest BCUT2D eigenvalue weighted by Gasteiger charge is -2.06. The highest BCUT2D eigenvalue weighted by atomic mass is 16.4. The fourth-order valence-corrected chi connectivity index (χ4v) is 3.08. The van der Waals surface area contributed by atoms with Crippen LogP contribution in [0.25, 0.3) is 21.8 Å². The van der Waals surface area contributed by atoms with E-state index >= 15 is 0 Å². The third kappa shape index (κ3) is 2.97. The zero-order chi connectivity index (χ0) is 17.1. The summed E-state index contributed by atoms with van der Waals surface area (Å²) in [4.78, 5) is 22.8. The lowest BCUT2D eigenvalue weighted by molar-refractivity contribution is -0.137. The van der Waals surface area contributed by atoms with Crippen LogP contribution in [0.5, 0.6) is 0 Å². The van der Waals surface area contributed by atoms with E-state index in [1.807, 2.05) is 30.3 Å². The molecule has 5 nitrogen and oxygen atoms in total. The van der Waals surface area contributed by atoms with Crippen molar-refractivity contribution in [3.05, 3.63) is 48.0 Å². The molecule has 0 saturated carbocycles. The first-order valence-corrected chi connectivity index (χ1v) is 8.12. The largest absolute Gasteiger partial charge is 0.481 e. The van der Waals surface area contributed by atoms with E-state index in [9.17, 15) is 9.59 Å². The predicted octanol–water partition coefficient (Wildman–Crippen LogP) is 3.41. The molecule has 0 aliphatic rings. The zero-order valence-electron chi connectivity index (χ0n) is 13.6. The van der Waals surface area contributed by atoms with E-state index in [2.05, 4.69) is 28.9 Å². The summed E-state index contributed by atoms with van der Waals surface area (Å²) in [6.07, 6.45) is 0.488. The molecule has 1 amide bonds. The van der Waals surface area contributed by atoms with Gasteiger partial charge in [-0.1, -0.05) is 18.2 Å². The summed E-state index contributed by atoms with van der Waals surface area (Å²) in [6.45, 7) is 3.33. The van der Waals surface area contributed by atoms with Crippen molar-refractivity contribution in [1.29, 1.82) is 0 Å². The number of amides is 1. The Hall–Kier alpha value is -2.82. The maximum atomic E-state index is 12.3. The van der Waals surface area contributed by atoms with E-state index in [1.165, 1.54) is 0 Å². The van der Waals surface area contributed by atoms with Crippen molar-refractivity contribution in [2.75, 3.05) is 6.54 Å². The summed E-state index contributed by atoms with van der Waals surface area (Å²) in [5, 5.41) is 13.6. The third-order valence-corrected chi connectivity index (χ3v) is 4.20. The van der Waals surface area contributed by atoms with Gasteiger partial charge in [-0.25, -0.2) is 0 Å². The quantitative estimate of drug-likeness (QED) is 0.683. The first kappa shape index (κ1) is 16.1. The van der Waals surface area contributed by atoms with Crippen LogP contribution in [0, 0.1) is 0 Å². The first-order chi connectivity index (χ1) is 11.6. The summed E-state index contributed by atoms with van der Waals surface area (Å²) in [5.74, 6) is -1.02. The molecule has 0 atom stereocenters. The van der Waals surface area contributed by atoms with E-state index in [-0.39, 0.29) is 12.3 Å². The number of hydrogen-bond donors (Lipinski definition) is 2. The summed E-state index contributed by atoms with van der Waals surface area (Å²) in [7, 11) is 0. The Bertz CT molecular complexity index is 912. The van der Waals surface area contributed by atoms with Crippen LogP contribution in [0.1, 0.15) is 30.1 Å². The maximum absolute atomic E-state index is 12.3. The van der Waals surface area contributed by atoms with Crippen LogP contribution < -0.4 is 5.32 Å². The number of aryl methyl sites for hydroxylation is 1. The minimum Gasteiger partial charge on any atom is -0.481 e. The Morgan fingerprint density at radius 1 is 1.08 bits per heavy atom. The van der Waals surface area contributed by atoms with Crippen molar-refractivity contribution >= 4 is 33.7 Å². The number of aromatic nitrogens is 1. The number of nitrogens with zero attached hydrogens (tertiary/aromatic N) is 1. The van der Waals surface area contributed by atoms with Crippen molar-refractivity contribution in [3.63, 3.8) is 0 Å². The molecular weight excluding hydrogens is 304 g/mol. The van der Waals surface area contributed by atoms with Gasteiger partial charge in [0, 0.05) is 46.9 Å². The molecule has 0 aliphatic heterocycles. The van der Waals surface area contributed by atoms with Crippen LogP contribution in [0.3, 0.4) is 0 Å². The molecule has 0 aliphatic carbocycles. The van der Waals surface area contributed by atoms with Gasteiger partial charge in [-0.2, -0.15) is 0 Å². The second-order valence-corrected chi connectivity index (χ2v) is 5.75. The lowest BCUT2D eigenvalue weighted by atomic mass is 10.1. The van der Waals surface area contributed by atoms with Crippen molar-refractivity contribution in [2.45, 2.75) is 26.3 Å². The number of carbonyl (C=O) groups excluding carboxylic acids is 1. The number of carbonyl (C=O) groups is 2. The highest BCUT2D eigenvalue weighted by Gasteiger charge is 2.12. The van der Waals surface area contributed by atoms with Crippen molar-refractivity contribution in [1.82, 2.24) is 9.88 Å². The Morgan fingerprint density at radius 3 is 2.58 bits per heavy atom. The van der Waals surface area contributed by atoms with Gasteiger partial charge in [-0.05, 0) is 37.6 Å². The van der Waals surface area contributed by atoms with Gasteiger partial charge in [0.25, 0.3) is 5.91 Å². The van der Waals surface area contributed by atoms with Gasteiger partial charge in [-0.15, -0.1) is 0 Å². The number of fused-ring (bicyclic) bond motifs is 3. The van der Waals surface area contributed by atoms with Crippen molar-refractivity contribution in [3.8, 4) is 0 Å². The van der Waals surface area contributed by atoms with Gasteiger partial charge >= 0.3 is 5.97 Å². The minimum atomic E-state index is -0.849. The van der Waals surface area contributed by atoms with Gasteiger partial charge in [0.15, 0.2) is 0 Å². The Labute approximate surface area is 139 Å². The normalized spacial score (nSPS) is 11.0. The van der Waals surface area contributed by atoms with Crippen molar-refractivity contribution < 1.29 is 14.7 Å². The van der Waals surface area contributed by atoms with Gasteiger partial charge in [0.1, 0.15) is 0 Å². The molecule has 2 N–H and O–H groups in total. The molecule has 0 bridgehead atoms. The predicted molar refractivity (Wildman–Crippen MR) is 94.3 cm³/mol. The Kier molecular flexibility index (Phi) is 4.51. The van der Waals surface area contributed by atoms with Crippen LogP contribution in [0.2, 0.25) is 0 Å². The third-order valence-electron chi connectivity index (χ3n) is 4.20. The number of aliphatic carboxylic acids is 1. The zero-order valence-corrected chi connectivity index (χ0v) is 13.6. The second kappa shape index (κ2) is 6.74. The number of benzene rings is 2. The molecule has 0 fully saturated rings. The van der Waals surface area contributed by atoms with Crippen molar-refractivity contribution in [2.24, 2.45) is 0 Å². The molecule has 2 aromatic carbocycles. The molecule has 3 rings (SSSR count). The number of carboxylic acid groups (broad SMARTS) is 1. The number of nitrogens with one attached hydrogen (secondary N) is 1. The van der Waals surface area contributed by atoms with E-state index in [0.29, 0.717) is 18.5 Å². The summed E-state index contributed by atoms with van der Waals surface area (Å²) in [6, 6.07) is 13.9. The fraction of sp³-hybridized carbons (Fsp3) is 0.263. The van der Waals surface area contributed by atoms with Gasteiger partial charge < -0.3 is 15.0 Å². The van der Waals surface area contributed by atoms with E-state index in [4.69, 9.17) is 5.11 Å². The molecule has 1 heterocycles. The van der Waals surface area contributed by atoms with Crippen LogP contribution in [-0.4, -0.2) is 28.1 Å². The maximum Gasteiger partial charge on any atom is 0.303 e. The minimum absolute atomic E-state index is 0.0588. The summed E-state index contributed by atoms with van der Waals surface area (Å²) < 4.78 is 2.24. The Morgan fingerprint density at radius 2 is 1.83 bits per heavy atom. The smallest absolute Gasteiger partial charge is 0.303 e. The van der Waals surface area contributed by atoms with Gasteiger partial charge in [0.2, 0.25) is 0 Å². The van der Waals surface area contributed by atoms with Crippen LogP contribution in [0.4, 0.5) is 0 Å². The molecule has 0 spiro atoms. The fourth-order valence-electron chi connectivity index (χ4n) is 3.08. The van der Waals surface area contributed by atoms with Crippen LogP contribution >= 0.6 is 0 Å². The molecule has 3 aromatic rings. The molecule has 0 saturated heterocycles. The molecule has 124 valence electrons. The molecule has 0 unspecified atom stereocenters. The van der Waals surface area contributed by atoms with E-state index in [0.717, 1.165) is 28.4 Å². The van der Waals surface area contributed by atoms with Gasteiger partial charge in [0.05, 0.1) is 0 Å². The summed E-state index contributed by atoms with van der Waals surface area (Å²) >= 11 is 0. The molecule has 5 heteroatoms. The lowest BCUT2D eigenvalue weighted by Crippen LogP contribution is -2.24. The standard InChI is InChI=1S/C19H20N2O3/c1-2-21-16-7-4-3-6-14(16)15-12-13(9-10-17(15)21)19(24)20-11-5-8-18(22)23/h3-4,6-7,9-10,12H,2,5,8,11H2,1H3,(H,20,24)(H,22,23). The van der Waals surface area contributed by atoms with Crippen LogP contribution in [0.15, 0.2) is 42.5 Å². The Balaban J connectivity index is 1.89. The highest BCUT2D eigenvalue weighted by molar-refractivity contribution is 6.10.